The third-order valence-corrected chi connectivity index (χ3v) is 3.21. The number of hydrogen-bond donors (Lipinski definition) is 1. The smallest absolute Gasteiger partial charge is 0.145 e. The van der Waals surface area contributed by atoms with Gasteiger partial charge in [0.25, 0.3) is 0 Å². The molecule has 0 amide bonds. The predicted molar refractivity (Wildman–Crippen MR) is 73.7 cm³/mol. The summed E-state index contributed by atoms with van der Waals surface area (Å²) in [6.07, 6.45) is 1.10. The van der Waals surface area contributed by atoms with E-state index in [1.807, 2.05) is 18.7 Å². The van der Waals surface area contributed by atoms with E-state index >= 15 is 0 Å². The largest absolute Gasteiger partial charge is 0.492 e. The van der Waals surface area contributed by atoms with Crippen LogP contribution >= 0.6 is 11.8 Å². The first-order valence-electron chi connectivity index (χ1n) is 6.01. The minimum absolute atomic E-state index is 0.263. The molecule has 0 heterocycles. The van der Waals surface area contributed by atoms with E-state index in [0.717, 1.165) is 30.2 Å². The maximum atomic E-state index is 13.0. The fourth-order valence-corrected chi connectivity index (χ4v) is 2.10. The summed E-state index contributed by atoms with van der Waals surface area (Å²) in [7, 11) is 0. The van der Waals surface area contributed by atoms with E-state index in [2.05, 4.69) is 12.2 Å². The van der Waals surface area contributed by atoms with E-state index < -0.39 is 0 Å². The molecule has 96 valence electrons. The summed E-state index contributed by atoms with van der Waals surface area (Å²) in [6.45, 7) is 5.49. The van der Waals surface area contributed by atoms with E-state index in [0.29, 0.717) is 12.4 Å². The average molecular weight is 257 g/mol. The van der Waals surface area contributed by atoms with Crippen LogP contribution in [-0.2, 0) is 0 Å². The molecule has 0 aliphatic heterocycles. The summed E-state index contributed by atoms with van der Waals surface area (Å²) in [5.41, 5.74) is 0.870. The zero-order valence-electron chi connectivity index (χ0n) is 10.5. The van der Waals surface area contributed by atoms with Crippen molar-refractivity contribution in [1.29, 1.82) is 0 Å². The van der Waals surface area contributed by atoms with Gasteiger partial charge in [0.05, 0.1) is 12.3 Å². The minimum Gasteiger partial charge on any atom is -0.492 e. The van der Waals surface area contributed by atoms with Crippen molar-refractivity contribution in [3.63, 3.8) is 0 Å². The van der Waals surface area contributed by atoms with Crippen molar-refractivity contribution in [1.82, 2.24) is 0 Å². The Bertz CT molecular complexity index is 333. The molecule has 2 nitrogen and oxygen atoms in total. The Morgan fingerprint density at radius 3 is 2.88 bits per heavy atom. The fraction of sp³-hybridized carbons (Fsp3) is 0.538. The number of rotatable bonds is 8. The second-order valence-corrected chi connectivity index (χ2v) is 4.94. The number of anilines is 1. The fourth-order valence-electron chi connectivity index (χ4n) is 1.46. The molecule has 0 aliphatic rings. The highest BCUT2D eigenvalue weighted by Crippen LogP contribution is 2.25. The lowest BCUT2D eigenvalue weighted by Crippen LogP contribution is -2.05. The van der Waals surface area contributed by atoms with Gasteiger partial charge in [0.15, 0.2) is 0 Å². The standard InChI is InChI=1S/C13H20FNOS/c1-3-16-13-10-11(14)6-7-12(13)15-8-5-9-17-4-2/h6-7,10,15H,3-5,8-9H2,1-2H3. The molecule has 1 aromatic carbocycles. The molecule has 0 radical (unpaired) electrons. The van der Waals surface area contributed by atoms with Gasteiger partial charge in [-0.15, -0.1) is 0 Å². The van der Waals surface area contributed by atoms with Crippen molar-refractivity contribution >= 4 is 17.4 Å². The molecular formula is C13H20FNOS. The molecule has 0 fully saturated rings. The van der Waals surface area contributed by atoms with Gasteiger partial charge < -0.3 is 10.1 Å². The summed E-state index contributed by atoms with van der Waals surface area (Å²) in [5.74, 6) is 2.63. The molecule has 0 saturated carbocycles. The van der Waals surface area contributed by atoms with Crippen molar-refractivity contribution < 1.29 is 9.13 Å². The maximum Gasteiger partial charge on any atom is 0.145 e. The molecular weight excluding hydrogens is 237 g/mol. The molecule has 0 unspecified atom stereocenters. The monoisotopic (exact) mass is 257 g/mol. The molecule has 1 aromatic rings. The lowest BCUT2D eigenvalue weighted by Gasteiger charge is -2.12. The van der Waals surface area contributed by atoms with Crippen LogP contribution in [0.5, 0.6) is 5.75 Å². The van der Waals surface area contributed by atoms with Gasteiger partial charge in [-0.25, -0.2) is 4.39 Å². The van der Waals surface area contributed by atoms with E-state index in [4.69, 9.17) is 4.74 Å². The quantitative estimate of drug-likeness (QED) is 0.716. The second-order valence-electron chi connectivity index (χ2n) is 3.55. The highest BCUT2D eigenvalue weighted by molar-refractivity contribution is 7.99. The molecule has 0 aromatic heterocycles. The van der Waals surface area contributed by atoms with Gasteiger partial charge in [-0.3, -0.25) is 0 Å². The van der Waals surface area contributed by atoms with Crippen LogP contribution in [-0.4, -0.2) is 24.7 Å². The van der Waals surface area contributed by atoms with Gasteiger partial charge in [-0.05, 0) is 37.0 Å². The van der Waals surface area contributed by atoms with Crippen molar-refractivity contribution in [3.8, 4) is 5.75 Å². The molecule has 1 N–H and O–H groups in total. The Balaban J connectivity index is 2.45. The molecule has 0 spiro atoms. The molecule has 17 heavy (non-hydrogen) atoms. The lowest BCUT2D eigenvalue weighted by atomic mass is 10.2. The van der Waals surface area contributed by atoms with Crippen LogP contribution in [0.1, 0.15) is 20.3 Å². The Morgan fingerprint density at radius 1 is 1.35 bits per heavy atom. The second kappa shape index (κ2) is 8.23. The summed E-state index contributed by atoms with van der Waals surface area (Å²) >= 11 is 1.93. The summed E-state index contributed by atoms with van der Waals surface area (Å²) in [5, 5.41) is 3.28. The number of ether oxygens (including phenoxy) is 1. The summed E-state index contributed by atoms with van der Waals surface area (Å²) in [4.78, 5) is 0. The van der Waals surface area contributed by atoms with Crippen molar-refractivity contribution in [3.05, 3.63) is 24.0 Å². The summed E-state index contributed by atoms with van der Waals surface area (Å²) in [6, 6.07) is 4.60. The first-order chi connectivity index (χ1) is 8.27. The van der Waals surface area contributed by atoms with Crippen LogP contribution in [0.2, 0.25) is 0 Å². The van der Waals surface area contributed by atoms with Gasteiger partial charge in [0.2, 0.25) is 0 Å². The molecule has 0 aliphatic carbocycles. The zero-order valence-corrected chi connectivity index (χ0v) is 11.3. The van der Waals surface area contributed by atoms with Gasteiger partial charge in [0.1, 0.15) is 11.6 Å². The molecule has 0 bridgehead atoms. The van der Waals surface area contributed by atoms with E-state index in [1.165, 1.54) is 12.1 Å². The van der Waals surface area contributed by atoms with E-state index in [-0.39, 0.29) is 5.82 Å². The van der Waals surface area contributed by atoms with Crippen LogP contribution in [0.15, 0.2) is 18.2 Å². The van der Waals surface area contributed by atoms with Crippen LogP contribution in [0.4, 0.5) is 10.1 Å². The third kappa shape index (κ3) is 5.31. The zero-order chi connectivity index (χ0) is 12.5. The van der Waals surface area contributed by atoms with Gasteiger partial charge in [0, 0.05) is 12.6 Å². The topological polar surface area (TPSA) is 21.3 Å². The van der Waals surface area contributed by atoms with Crippen molar-refractivity contribution in [2.45, 2.75) is 20.3 Å². The third-order valence-electron chi connectivity index (χ3n) is 2.23. The Morgan fingerprint density at radius 2 is 2.18 bits per heavy atom. The van der Waals surface area contributed by atoms with Gasteiger partial charge >= 0.3 is 0 Å². The van der Waals surface area contributed by atoms with E-state index in [1.54, 1.807) is 6.07 Å². The van der Waals surface area contributed by atoms with E-state index in [9.17, 15) is 4.39 Å². The van der Waals surface area contributed by atoms with Crippen molar-refractivity contribution in [2.75, 3.05) is 30.0 Å². The predicted octanol–water partition coefficient (Wildman–Crippen LogP) is 3.78. The Labute approximate surface area is 107 Å². The first kappa shape index (κ1) is 14.2. The molecule has 0 saturated heterocycles. The number of benzene rings is 1. The SMILES string of the molecule is CCOc1cc(F)ccc1NCCCSCC. The molecule has 1 rings (SSSR count). The van der Waals surface area contributed by atoms with Gasteiger partial charge in [-0.1, -0.05) is 6.92 Å². The summed E-state index contributed by atoms with van der Waals surface area (Å²) < 4.78 is 18.4. The number of halogens is 1. The maximum absolute atomic E-state index is 13.0. The lowest BCUT2D eigenvalue weighted by molar-refractivity contribution is 0.340. The van der Waals surface area contributed by atoms with Crippen LogP contribution < -0.4 is 10.1 Å². The Hall–Kier alpha value is -0.900. The average Bonchev–Trinajstić information content (AvgIpc) is 2.32. The normalized spacial score (nSPS) is 10.3. The van der Waals surface area contributed by atoms with Crippen LogP contribution in [0, 0.1) is 5.82 Å². The number of nitrogens with one attached hydrogen (secondary N) is 1. The highest BCUT2D eigenvalue weighted by atomic mass is 32.2. The van der Waals surface area contributed by atoms with Crippen LogP contribution in [0.3, 0.4) is 0 Å². The molecule has 4 heteroatoms. The number of hydrogen-bond acceptors (Lipinski definition) is 3. The molecule has 0 atom stereocenters. The van der Waals surface area contributed by atoms with Crippen molar-refractivity contribution in [2.24, 2.45) is 0 Å². The highest BCUT2D eigenvalue weighted by Gasteiger charge is 2.04. The van der Waals surface area contributed by atoms with Crippen LogP contribution in [0.25, 0.3) is 0 Å². The Kier molecular flexibility index (Phi) is 6.86. The minimum atomic E-state index is -0.263. The first-order valence-corrected chi connectivity index (χ1v) is 7.17. The number of thioether (sulfide) groups is 1. The van der Waals surface area contributed by atoms with Gasteiger partial charge in [-0.2, -0.15) is 11.8 Å².